The van der Waals surface area contributed by atoms with Crippen molar-refractivity contribution >= 4 is 28.8 Å². The van der Waals surface area contributed by atoms with Gasteiger partial charge in [-0.1, -0.05) is 6.07 Å². The molecule has 0 radical (unpaired) electrons. The van der Waals surface area contributed by atoms with E-state index >= 15 is 0 Å². The Morgan fingerprint density at radius 3 is 3.19 bits per heavy atom. The van der Waals surface area contributed by atoms with Gasteiger partial charge in [-0.2, -0.15) is 0 Å². The number of carbonyl (C=O) groups excluding carboxylic acids is 1. The summed E-state index contributed by atoms with van der Waals surface area (Å²) in [4.78, 5) is 23.3. The number of amides is 1. The molecule has 1 atom stereocenters. The second-order valence-electron chi connectivity index (χ2n) is 5.04. The van der Waals surface area contributed by atoms with Crippen molar-refractivity contribution in [1.82, 2.24) is 15.2 Å². The van der Waals surface area contributed by atoms with Crippen LogP contribution in [-0.2, 0) is 18.3 Å². The molecule has 7 heteroatoms. The molecule has 6 nitrogen and oxygen atoms in total. The fraction of sp³-hybridized carbons (Fsp3) is 0.429. The Kier molecular flexibility index (Phi) is 4.03. The molecule has 1 aliphatic heterocycles. The Morgan fingerprint density at radius 2 is 2.43 bits per heavy atom. The van der Waals surface area contributed by atoms with Gasteiger partial charge >= 0.3 is 5.76 Å². The summed E-state index contributed by atoms with van der Waals surface area (Å²) in [5, 5.41) is 6.06. The zero-order valence-corrected chi connectivity index (χ0v) is 12.5. The van der Waals surface area contributed by atoms with Crippen LogP contribution >= 0.6 is 11.8 Å². The van der Waals surface area contributed by atoms with Crippen molar-refractivity contribution in [3.05, 3.63) is 34.3 Å². The molecule has 0 saturated carbocycles. The van der Waals surface area contributed by atoms with E-state index in [9.17, 15) is 9.59 Å². The summed E-state index contributed by atoms with van der Waals surface area (Å²) in [6.45, 7) is 0.574. The predicted molar refractivity (Wildman–Crippen MR) is 82.4 cm³/mol. The average Bonchev–Trinajstić information content (AvgIpc) is 3.09. The van der Waals surface area contributed by atoms with E-state index in [2.05, 4.69) is 10.6 Å². The molecule has 112 valence electrons. The first-order valence-electron chi connectivity index (χ1n) is 6.82. The number of fused-ring (bicyclic) bond motifs is 1. The van der Waals surface area contributed by atoms with Gasteiger partial charge in [0.05, 0.1) is 11.6 Å². The largest absolute Gasteiger partial charge is 0.419 e. The van der Waals surface area contributed by atoms with Crippen LogP contribution in [0.25, 0.3) is 11.1 Å². The molecule has 1 aromatic carbocycles. The highest BCUT2D eigenvalue weighted by atomic mass is 32.2. The third-order valence-corrected chi connectivity index (χ3v) is 4.54. The third kappa shape index (κ3) is 2.98. The number of rotatable bonds is 4. The lowest BCUT2D eigenvalue weighted by atomic mass is 10.1. The summed E-state index contributed by atoms with van der Waals surface area (Å²) in [5.74, 6) is 1.35. The summed E-state index contributed by atoms with van der Waals surface area (Å²) in [6, 6.07) is 5.59. The van der Waals surface area contributed by atoms with Gasteiger partial charge in [0.2, 0.25) is 5.91 Å². The number of nitrogens with one attached hydrogen (secondary N) is 2. The standard InChI is InChI=1S/C14H17N3O3S/c1-17-11-3-2-9(6-12(11)20-14(17)19)4-5-15-13(18)10-7-21-8-16-10/h2-3,6,10,16H,4-5,7-8H2,1H3,(H,15,18). The lowest BCUT2D eigenvalue weighted by Crippen LogP contribution is -2.42. The molecule has 0 spiro atoms. The van der Waals surface area contributed by atoms with E-state index < -0.39 is 0 Å². The number of aryl methyl sites for hydroxylation is 1. The van der Waals surface area contributed by atoms with Crippen LogP contribution in [0.1, 0.15) is 5.56 Å². The zero-order valence-electron chi connectivity index (χ0n) is 11.7. The summed E-state index contributed by atoms with van der Waals surface area (Å²) in [7, 11) is 1.68. The molecule has 2 heterocycles. The summed E-state index contributed by atoms with van der Waals surface area (Å²) in [5.41, 5.74) is 2.39. The van der Waals surface area contributed by atoms with Gasteiger partial charge in [0.1, 0.15) is 0 Å². The molecule has 1 saturated heterocycles. The third-order valence-electron chi connectivity index (χ3n) is 3.60. The molecule has 1 amide bonds. The maximum atomic E-state index is 11.8. The Bertz CT molecular complexity index is 716. The fourth-order valence-electron chi connectivity index (χ4n) is 2.35. The summed E-state index contributed by atoms with van der Waals surface area (Å²) in [6.07, 6.45) is 0.708. The molecule has 0 aliphatic carbocycles. The topological polar surface area (TPSA) is 76.3 Å². The number of hydrogen-bond acceptors (Lipinski definition) is 5. The van der Waals surface area contributed by atoms with Gasteiger partial charge in [-0.15, -0.1) is 11.8 Å². The molecule has 3 rings (SSSR count). The maximum absolute atomic E-state index is 11.8. The van der Waals surface area contributed by atoms with Crippen LogP contribution < -0.4 is 16.4 Å². The van der Waals surface area contributed by atoms with E-state index in [0.717, 1.165) is 22.7 Å². The Morgan fingerprint density at radius 1 is 1.57 bits per heavy atom. The molecule has 0 bridgehead atoms. The van der Waals surface area contributed by atoms with Gasteiger partial charge in [-0.3, -0.25) is 14.7 Å². The van der Waals surface area contributed by atoms with Crippen molar-refractivity contribution in [2.45, 2.75) is 12.5 Å². The highest BCUT2D eigenvalue weighted by Gasteiger charge is 2.21. The van der Waals surface area contributed by atoms with Crippen LogP contribution in [0.3, 0.4) is 0 Å². The van der Waals surface area contributed by atoms with E-state index in [1.54, 1.807) is 18.8 Å². The first kappa shape index (κ1) is 14.2. The van der Waals surface area contributed by atoms with Crippen molar-refractivity contribution in [1.29, 1.82) is 0 Å². The highest BCUT2D eigenvalue weighted by Crippen LogP contribution is 2.14. The van der Waals surface area contributed by atoms with Crippen molar-refractivity contribution in [2.24, 2.45) is 7.05 Å². The first-order chi connectivity index (χ1) is 10.1. The van der Waals surface area contributed by atoms with Crippen LogP contribution in [-0.4, -0.2) is 34.7 Å². The number of benzene rings is 1. The number of aromatic nitrogens is 1. The minimum absolute atomic E-state index is 0.0484. The van der Waals surface area contributed by atoms with Crippen LogP contribution in [0.15, 0.2) is 27.4 Å². The van der Waals surface area contributed by atoms with E-state index in [-0.39, 0.29) is 17.7 Å². The van der Waals surface area contributed by atoms with Crippen molar-refractivity contribution < 1.29 is 9.21 Å². The van der Waals surface area contributed by atoms with E-state index in [0.29, 0.717) is 18.5 Å². The molecule has 1 unspecified atom stereocenters. The molecule has 2 N–H and O–H groups in total. The lowest BCUT2D eigenvalue weighted by Gasteiger charge is -2.10. The fourth-order valence-corrected chi connectivity index (χ4v) is 3.29. The van der Waals surface area contributed by atoms with Crippen LogP contribution in [0.4, 0.5) is 0 Å². The number of oxazole rings is 1. The lowest BCUT2D eigenvalue weighted by molar-refractivity contribution is -0.122. The Balaban J connectivity index is 1.60. The molecule has 2 aromatic rings. The minimum Gasteiger partial charge on any atom is -0.408 e. The van der Waals surface area contributed by atoms with Crippen LogP contribution in [0.2, 0.25) is 0 Å². The van der Waals surface area contributed by atoms with Gasteiger partial charge < -0.3 is 9.73 Å². The van der Waals surface area contributed by atoms with E-state index in [1.165, 1.54) is 4.57 Å². The molecule has 1 aromatic heterocycles. The van der Waals surface area contributed by atoms with Gasteiger partial charge in [0.15, 0.2) is 5.58 Å². The molecule has 1 fully saturated rings. The minimum atomic E-state index is -0.361. The first-order valence-corrected chi connectivity index (χ1v) is 7.98. The Hall–Kier alpha value is -1.73. The van der Waals surface area contributed by atoms with E-state index in [1.807, 2.05) is 18.2 Å². The average molecular weight is 307 g/mol. The number of thioether (sulfide) groups is 1. The zero-order chi connectivity index (χ0) is 14.8. The second kappa shape index (κ2) is 5.95. The summed E-state index contributed by atoms with van der Waals surface area (Å²) < 4.78 is 6.63. The molecule has 1 aliphatic rings. The van der Waals surface area contributed by atoms with Crippen LogP contribution in [0.5, 0.6) is 0 Å². The normalized spacial score (nSPS) is 18.2. The van der Waals surface area contributed by atoms with Gasteiger partial charge in [-0.25, -0.2) is 4.79 Å². The number of nitrogens with zero attached hydrogens (tertiary/aromatic N) is 1. The Labute approximate surface area is 125 Å². The van der Waals surface area contributed by atoms with Crippen molar-refractivity contribution in [3.63, 3.8) is 0 Å². The highest BCUT2D eigenvalue weighted by molar-refractivity contribution is 7.99. The molecule has 21 heavy (non-hydrogen) atoms. The van der Waals surface area contributed by atoms with Crippen LogP contribution in [0, 0.1) is 0 Å². The van der Waals surface area contributed by atoms with Gasteiger partial charge in [0, 0.05) is 25.2 Å². The smallest absolute Gasteiger partial charge is 0.408 e. The second-order valence-corrected chi connectivity index (χ2v) is 6.07. The van der Waals surface area contributed by atoms with E-state index in [4.69, 9.17) is 4.42 Å². The SMILES string of the molecule is Cn1c(=O)oc2cc(CCNC(=O)C3CSCN3)ccc21. The van der Waals surface area contributed by atoms with Gasteiger partial charge in [-0.05, 0) is 24.1 Å². The predicted octanol–water partition coefficient (Wildman–Crippen LogP) is 0.453. The number of hydrogen-bond donors (Lipinski definition) is 2. The molecular formula is C14H17N3O3S. The van der Waals surface area contributed by atoms with Crippen molar-refractivity contribution in [2.75, 3.05) is 18.2 Å². The van der Waals surface area contributed by atoms with Gasteiger partial charge in [0.25, 0.3) is 0 Å². The van der Waals surface area contributed by atoms with Crippen molar-refractivity contribution in [3.8, 4) is 0 Å². The maximum Gasteiger partial charge on any atom is 0.419 e. The summed E-state index contributed by atoms with van der Waals surface area (Å²) >= 11 is 1.73. The monoisotopic (exact) mass is 307 g/mol. The molecular weight excluding hydrogens is 290 g/mol. The number of carbonyl (C=O) groups is 1. The quantitative estimate of drug-likeness (QED) is 0.858.